The van der Waals surface area contributed by atoms with E-state index in [-0.39, 0.29) is 5.75 Å². The third kappa shape index (κ3) is 4.37. The Morgan fingerprint density at radius 2 is 1.53 bits per heavy atom. The molecule has 0 radical (unpaired) electrons. The molecule has 0 aliphatic rings. The van der Waals surface area contributed by atoms with Crippen molar-refractivity contribution < 1.29 is 13.7 Å². The van der Waals surface area contributed by atoms with Gasteiger partial charge in [-0.15, -0.1) is 0 Å². The summed E-state index contributed by atoms with van der Waals surface area (Å²) < 4.78 is 28.7. The molecule has 9 heteroatoms. The number of hydrogen-bond donors (Lipinski definition) is 0. The van der Waals surface area contributed by atoms with Gasteiger partial charge in [-0.05, 0) is 56.3 Å². The van der Waals surface area contributed by atoms with Crippen LogP contribution in [0.2, 0.25) is 0 Å². The van der Waals surface area contributed by atoms with Crippen LogP contribution in [0.5, 0.6) is 11.5 Å². The van der Waals surface area contributed by atoms with Gasteiger partial charge >= 0.3 is 0 Å². The first-order valence-electron chi connectivity index (χ1n) is 11.5. The molecule has 0 amide bonds. The first kappa shape index (κ1) is 23.7. The van der Waals surface area contributed by atoms with Crippen LogP contribution in [0.25, 0.3) is 16.7 Å². The van der Waals surface area contributed by atoms with Crippen molar-refractivity contribution in [1.29, 1.82) is 0 Å². The zero-order valence-electron chi connectivity index (χ0n) is 20.6. The molecular formula is C27H27N5O3S. The van der Waals surface area contributed by atoms with Gasteiger partial charge in [0.15, 0.2) is 0 Å². The second-order valence-electron chi connectivity index (χ2n) is 8.40. The quantitative estimate of drug-likeness (QED) is 0.309. The van der Waals surface area contributed by atoms with Crippen LogP contribution in [0.15, 0.2) is 72.4 Å². The molecule has 1 unspecified atom stereocenters. The fraction of sp³-hybridized carbons (Fsp3) is 0.222. The van der Waals surface area contributed by atoms with Crippen LogP contribution >= 0.6 is 0 Å². The Morgan fingerprint density at radius 3 is 2.19 bits per heavy atom. The average molecular weight is 502 g/mol. The second-order valence-corrected chi connectivity index (χ2v) is 9.75. The minimum atomic E-state index is -1.46. The summed E-state index contributed by atoms with van der Waals surface area (Å²) >= 11 is 0. The van der Waals surface area contributed by atoms with Crippen LogP contribution in [0.1, 0.15) is 22.5 Å². The summed E-state index contributed by atoms with van der Waals surface area (Å²) in [6.07, 6.45) is 7.37. The van der Waals surface area contributed by atoms with Crippen LogP contribution in [0, 0.1) is 13.8 Å². The van der Waals surface area contributed by atoms with E-state index < -0.39 is 10.8 Å². The van der Waals surface area contributed by atoms with Crippen LogP contribution in [0.3, 0.4) is 0 Å². The average Bonchev–Trinajstić information content (AvgIpc) is 3.55. The van der Waals surface area contributed by atoms with Gasteiger partial charge in [0.25, 0.3) is 0 Å². The molecule has 5 aromatic rings. The van der Waals surface area contributed by atoms with Crippen LogP contribution in [0.4, 0.5) is 0 Å². The number of nitrogens with zero attached hydrogens (tertiary/aromatic N) is 5. The minimum absolute atomic E-state index is 0.224. The largest absolute Gasteiger partial charge is 0.496 e. The van der Waals surface area contributed by atoms with Crippen LogP contribution in [-0.2, 0) is 23.1 Å². The van der Waals surface area contributed by atoms with E-state index in [4.69, 9.17) is 14.5 Å². The van der Waals surface area contributed by atoms with Crippen molar-refractivity contribution >= 4 is 21.8 Å². The normalized spacial score (nSPS) is 12.1. The molecular weight excluding hydrogens is 474 g/mol. The predicted octanol–water partition coefficient (Wildman–Crippen LogP) is 4.61. The van der Waals surface area contributed by atoms with E-state index >= 15 is 0 Å². The van der Waals surface area contributed by atoms with Crippen molar-refractivity contribution in [2.24, 2.45) is 0 Å². The molecule has 4 aromatic heterocycles. The lowest BCUT2D eigenvalue weighted by molar-refractivity contribution is 0.410. The van der Waals surface area contributed by atoms with Crippen molar-refractivity contribution in [1.82, 2.24) is 24.1 Å². The molecule has 8 nitrogen and oxygen atoms in total. The number of benzene rings is 1. The zero-order chi connectivity index (χ0) is 25.2. The molecule has 4 heterocycles. The smallest absolute Gasteiger partial charge is 0.200 e. The molecule has 0 N–H and O–H groups in total. The number of fused-ring (bicyclic) bond motifs is 1. The zero-order valence-corrected chi connectivity index (χ0v) is 21.5. The van der Waals surface area contributed by atoms with Crippen molar-refractivity contribution in [2.75, 3.05) is 14.2 Å². The SMILES string of the molecule is COc1ccnc(Cn2c(S(=O)Cc3nccc(OC)c3C)nc3cc(-n4cccc4)ccc32)c1C. The standard InChI is InChI=1S/C27H27N5O3S/c1-18-22(28-11-9-25(18)34-3)16-32-24-8-7-20(31-13-5-6-14-31)15-21(24)30-27(32)36(33)17-23-19(2)26(35-4)10-12-29-23/h5-15H,16-17H2,1-4H3. The summed E-state index contributed by atoms with van der Waals surface area (Å²) in [5.41, 5.74) is 5.99. The Bertz CT molecular complexity index is 1560. The lowest BCUT2D eigenvalue weighted by Gasteiger charge is -2.13. The van der Waals surface area contributed by atoms with Crippen molar-refractivity contribution in [2.45, 2.75) is 31.3 Å². The Morgan fingerprint density at radius 1 is 0.889 bits per heavy atom. The number of pyridine rings is 2. The van der Waals surface area contributed by atoms with Crippen molar-refractivity contribution in [3.63, 3.8) is 0 Å². The van der Waals surface area contributed by atoms with E-state index in [0.29, 0.717) is 11.7 Å². The molecule has 0 fully saturated rings. The maximum Gasteiger partial charge on any atom is 0.200 e. The summed E-state index contributed by atoms with van der Waals surface area (Å²) in [5, 5.41) is 0.475. The maximum absolute atomic E-state index is 13.8. The van der Waals surface area contributed by atoms with E-state index in [1.807, 2.05) is 71.8 Å². The number of hydrogen-bond acceptors (Lipinski definition) is 6. The number of methoxy groups -OCH3 is 2. The predicted molar refractivity (Wildman–Crippen MR) is 139 cm³/mol. The Hall–Kier alpha value is -3.98. The fourth-order valence-electron chi connectivity index (χ4n) is 4.29. The van der Waals surface area contributed by atoms with E-state index in [1.54, 1.807) is 32.7 Å². The summed E-state index contributed by atoms with van der Waals surface area (Å²) in [5.74, 6) is 1.71. The molecule has 0 aliphatic heterocycles. The van der Waals surface area contributed by atoms with Gasteiger partial charge in [-0.1, -0.05) is 0 Å². The van der Waals surface area contributed by atoms with Crippen LogP contribution in [-0.4, -0.2) is 42.5 Å². The number of ether oxygens (including phenoxy) is 2. The molecule has 1 atom stereocenters. The maximum atomic E-state index is 13.8. The van der Waals surface area contributed by atoms with Gasteiger partial charge < -0.3 is 18.6 Å². The van der Waals surface area contributed by atoms with Gasteiger partial charge in [-0.3, -0.25) is 14.2 Å². The van der Waals surface area contributed by atoms with E-state index in [0.717, 1.165) is 50.7 Å². The third-order valence-electron chi connectivity index (χ3n) is 6.34. The Labute approximate surface area is 212 Å². The topological polar surface area (TPSA) is 84.1 Å². The first-order valence-corrected chi connectivity index (χ1v) is 12.8. The van der Waals surface area contributed by atoms with Crippen LogP contribution < -0.4 is 9.47 Å². The molecule has 5 rings (SSSR count). The summed E-state index contributed by atoms with van der Waals surface area (Å²) in [7, 11) is 1.80. The van der Waals surface area contributed by atoms with Gasteiger partial charge in [0.1, 0.15) is 11.5 Å². The van der Waals surface area contributed by atoms with Gasteiger partial charge in [-0.2, -0.15) is 0 Å². The fourth-order valence-corrected chi connectivity index (χ4v) is 5.57. The van der Waals surface area contributed by atoms with Gasteiger partial charge in [0.2, 0.25) is 5.16 Å². The molecule has 0 saturated heterocycles. The Kier molecular flexibility index (Phi) is 6.56. The highest BCUT2D eigenvalue weighted by Gasteiger charge is 2.21. The Balaban J connectivity index is 1.61. The second kappa shape index (κ2) is 9.94. The molecule has 0 aliphatic carbocycles. The highest BCUT2D eigenvalue weighted by molar-refractivity contribution is 7.84. The summed E-state index contributed by atoms with van der Waals surface area (Å²) in [4.78, 5) is 13.9. The van der Waals surface area contributed by atoms with Crippen molar-refractivity contribution in [3.8, 4) is 17.2 Å². The monoisotopic (exact) mass is 501 g/mol. The summed E-state index contributed by atoms with van der Waals surface area (Å²) in [6, 6.07) is 13.7. The first-order chi connectivity index (χ1) is 17.5. The number of imidazole rings is 1. The van der Waals surface area contributed by atoms with E-state index in [9.17, 15) is 4.21 Å². The van der Waals surface area contributed by atoms with Gasteiger partial charge in [-0.25, -0.2) is 4.98 Å². The number of rotatable bonds is 8. The molecule has 0 bridgehead atoms. The molecule has 0 spiro atoms. The lowest BCUT2D eigenvalue weighted by Crippen LogP contribution is -2.12. The molecule has 36 heavy (non-hydrogen) atoms. The van der Waals surface area contributed by atoms with E-state index in [2.05, 4.69) is 9.97 Å². The minimum Gasteiger partial charge on any atom is -0.496 e. The summed E-state index contributed by atoms with van der Waals surface area (Å²) in [6.45, 7) is 4.31. The molecule has 0 saturated carbocycles. The molecule has 1 aromatic carbocycles. The highest BCUT2D eigenvalue weighted by atomic mass is 32.2. The molecule has 184 valence electrons. The third-order valence-corrected chi connectivity index (χ3v) is 7.59. The van der Waals surface area contributed by atoms with Gasteiger partial charge in [0, 0.05) is 41.6 Å². The van der Waals surface area contributed by atoms with Gasteiger partial charge in [0.05, 0.1) is 59.7 Å². The van der Waals surface area contributed by atoms with Crippen molar-refractivity contribution in [3.05, 3.63) is 89.8 Å². The lowest BCUT2D eigenvalue weighted by atomic mass is 10.2. The van der Waals surface area contributed by atoms with E-state index in [1.165, 1.54) is 0 Å². The number of aromatic nitrogens is 5. The highest BCUT2D eigenvalue weighted by Crippen LogP contribution is 2.27.